The van der Waals surface area contributed by atoms with Gasteiger partial charge in [-0.1, -0.05) is 18.2 Å². The predicted molar refractivity (Wildman–Crippen MR) is 179 cm³/mol. The summed E-state index contributed by atoms with van der Waals surface area (Å²) in [6, 6.07) is 15.5. The number of likely N-dealkylation sites (tertiary alicyclic amines) is 1. The number of carbonyl (C=O) groups excluding carboxylic acids is 2. The Morgan fingerprint density at radius 1 is 0.979 bits per heavy atom. The third-order valence-electron chi connectivity index (χ3n) is 9.91. The molecule has 13 heteroatoms. The highest BCUT2D eigenvalue weighted by atomic mass is 16.4. The Kier molecular flexibility index (Phi) is 7.28. The van der Waals surface area contributed by atoms with Crippen LogP contribution in [0.5, 0.6) is 0 Å². The van der Waals surface area contributed by atoms with Gasteiger partial charge in [-0.15, -0.1) is 5.10 Å². The lowest BCUT2D eigenvalue weighted by atomic mass is 9.85. The molecule has 48 heavy (non-hydrogen) atoms. The monoisotopic (exact) mass is 645 g/mol. The third kappa shape index (κ3) is 5.29. The van der Waals surface area contributed by atoms with E-state index >= 15 is 0 Å². The van der Waals surface area contributed by atoms with E-state index in [1.807, 2.05) is 60.4 Å². The van der Waals surface area contributed by atoms with Crippen molar-refractivity contribution in [1.29, 1.82) is 0 Å². The first-order valence-electron chi connectivity index (χ1n) is 16.2. The fourth-order valence-electron chi connectivity index (χ4n) is 7.10. The molecule has 4 aromatic heterocycles. The number of nitrogens with zero attached hydrogens (tertiary/aromatic N) is 8. The molecule has 2 amide bonds. The molecule has 0 unspecified atom stereocenters. The fourth-order valence-corrected chi connectivity index (χ4v) is 7.10. The molecule has 7 heterocycles. The van der Waals surface area contributed by atoms with Crippen molar-refractivity contribution >= 4 is 34.2 Å². The first kappa shape index (κ1) is 29.9. The smallest absolute Gasteiger partial charge is 0.388 e. The number of hydrogen-bond donors (Lipinski definition) is 1. The van der Waals surface area contributed by atoms with E-state index in [9.17, 15) is 14.4 Å². The summed E-state index contributed by atoms with van der Waals surface area (Å²) in [7, 11) is 1.55. The molecule has 5 aromatic rings. The molecule has 0 aliphatic carbocycles. The van der Waals surface area contributed by atoms with Crippen molar-refractivity contribution < 1.29 is 14.0 Å². The molecule has 0 radical (unpaired) electrons. The number of rotatable bonds is 6. The Balaban J connectivity index is 0.892. The number of aromatic amines is 1. The molecule has 244 valence electrons. The van der Waals surface area contributed by atoms with Gasteiger partial charge in [-0.3, -0.25) is 29.5 Å². The van der Waals surface area contributed by atoms with Gasteiger partial charge in [0.2, 0.25) is 17.7 Å². The molecule has 3 aliphatic heterocycles. The van der Waals surface area contributed by atoms with Gasteiger partial charge in [0.1, 0.15) is 17.0 Å². The van der Waals surface area contributed by atoms with Crippen molar-refractivity contribution in [2.45, 2.75) is 26.2 Å². The van der Waals surface area contributed by atoms with Crippen LogP contribution in [-0.4, -0.2) is 90.8 Å². The van der Waals surface area contributed by atoms with Gasteiger partial charge in [0.05, 0.1) is 17.5 Å². The van der Waals surface area contributed by atoms with Crippen LogP contribution in [0.25, 0.3) is 39.3 Å². The molecule has 3 aliphatic rings. The lowest BCUT2D eigenvalue weighted by molar-refractivity contribution is -0.132. The van der Waals surface area contributed by atoms with Gasteiger partial charge in [-0.25, -0.2) is 9.78 Å². The number of anilines is 1. The van der Waals surface area contributed by atoms with E-state index in [2.05, 4.69) is 31.3 Å². The van der Waals surface area contributed by atoms with Crippen molar-refractivity contribution in [2.24, 2.45) is 12.5 Å². The Morgan fingerprint density at radius 2 is 1.77 bits per heavy atom. The number of fused-ring (bicyclic) bond motifs is 1. The van der Waals surface area contributed by atoms with Crippen LogP contribution in [0.15, 0.2) is 70.0 Å². The number of hydrogen-bond acceptors (Lipinski definition) is 9. The van der Waals surface area contributed by atoms with Gasteiger partial charge in [0, 0.05) is 56.2 Å². The van der Waals surface area contributed by atoms with Crippen LogP contribution >= 0.6 is 0 Å². The second-order valence-corrected chi connectivity index (χ2v) is 13.0. The zero-order chi connectivity index (χ0) is 33.0. The van der Waals surface area contributed by atoms with Crippen LogP contribution < -0.4 is 10.7 Å². The largest absolute Gasteiger partial charge is 0.437 e. The quantitative estimate of drug-likeness (QED) is 0.294. The summed E-state index contributed by atoms with van der Waals surface area (Å²) in [4.78, 5) is 54.0. The SMILES string of the molecule is Cc1ccc(-c2n[nH]c3ccc(N4CC[C@]5(CCN(CC(=O)N6CC=C(c7ccc(-c8nn(C)c(=O)o8)cc7)CC6)C5)C4=O)nc23)cn1. The standard InChI is InChI=1S/C35H35N9O4/c1-22-3-4-26(19-36-22)30-31-27(38-39-30)9-10-28(37-31)44-18-14-35(33(44)46)13-17-42(21-35)20-29(45)43-15-11-24(12-16-43)23-5-7-25(8-6-23)32-40-41(2)34(47)48-32/h3-11,19H,12-18,20-21H2,1-2H3,(H,38,39)/t35-/m0/s1. The zero-order valence-corrected chi connectivity index (χ0v) is 26.8. The molecular weight excluding hydrogens is 610 g/mol. The van der Waals surface area contributed by atoms with E-state index in [0.29, 0.717) is 56.3 Å². The average molecular weight is 646 g/mol. The van der Waals surface area contributed by atoms with Gasteiger partial charge >= 0.3 is 5.76 Å². The lowest BCUT2D eigenvalue weighted by Gasteiger charge is -2.29. The number of benzene rings is 1. The second kappa shape index (κ2) is 11.7. The van der Waals surface area contributed by atoms with Crippen LogP contribution in [0.4, 0.5) is 5.82 Å². The minimum atomic E-state index is -0.504. The molecule has 8 rings (SSSR count). The molecule has 2 saturated heterocycles. The topological polar surface area (TPSA) is 146 Å². The molecule has 1 spiro atoms. The number of H-pyrrole nitrogens is 1. The highest BCUT2D eigenvalue weighted by Gasteiger charge is 2.51. The number of amides is 2. The third-order valence-corrected chi connectivity index (χ3v) is 9.91. The maximum Gasteiger partial charge on any atom is 0.437 e. The van der Waals surface area contributed by atoms with Gasteiger partial charge in [0.25, 0.3) is 0 Å². The van der Waals surface area contributed by atoms with Gasteiger partial charge in [-0.2, -0.15) is 9.78 Å². The molecule has 1 N–H and O–H groups in total. The fraction of sp³-hybridized carbons (Fsp3) is 0.343. The summed E-state index contributed by atoms with van der Waals surface area (Å²) in [6.45, 7) is 5.29. The Morgan fingerprint density at radius 3 is 2.50 bits per heavy atom. The minimum Gasteiger partial charge on any atom is -0.388 e. The van der Waals surface area contributed by atoms with E-state index in [1.54, 1.807) is 18.1 Å². The number of aryl methyl sites for hydroxylation is 2. The number of pyridine rings is 2. The summed E-state index contributed by atoms with van der Waals surface area (Å²) >= 11 is 0. The summed E-state index contributed by atoms with van der Waals surface area (Å²) in [5, 5.41) is 11.6. The Labute approximate surface area is 275 Å². The highest BCUT2D eigenvalue weighted by Crippen LogP contribution is 2.42. The number of aromatic nitrogens is 6. The number of carbonyl (C=O) groups is 2. The predicted octanol–water partition coefficient (Wildman–Crippen LogP) is 3.43. The normalized spacial score (nSPS) is 20.0. The zero-order valence-electron chi connectivity index (χ0n) is 26.8. The van der Waals surface area contributed by atoms with Gasteiger partial charge in [-0.05, 0) is 80.3 Å². The molecular formula is C35H35N9O4. The summed E-state index contributed by atoms with van der Waals surface area (Å²) < 4.78 is 6.35. The van der Waals surface area contributed by atoms with Crippen molar-refractivity contribution in [2.75, 3.05) is 44.2 Å². The Bertz CT molecular complexity index is 2130. The summed E-state index contributed by atoms with van der Waals surface area (Å²) in [5.41, 5.74) is 6.48. The van der Waals surface area contributed by atoms with E-state index < -0.39 is 11.2 Å². The molecule has 0 bridgehead atoms. The molecule has 13 nitrogen and oxygen atoms in total. The molecule has 2 fully saturated rings. The Hall–Kier alpha value is -5.43. The second-order valence-electron chi connectivity index (χ2n) is 13.0. The van der Waals surface area contributed by atoms with Crippen LogP contribution in [-0.2, 0) is 16.6 Å². The van der Waals surface area contributed by atoms with Crippen LogP contribution in [0.3, 0.4) is 0 Å². The first-order valence-corrected chi connectivity index (χ1v) is 16.2. The molecule has 1 atom stereocenters. The van der Waals surface area contributed by atoms with E-state index in [1.165, 1.54) is 10.3 Å². The highest BCUT2D eigenvalue weighted by molar-refractivity contribution is 6.01. The van der Waals surface area contributed by atoms with E-state index in [0.717, 1.165) is 47.2 Å². The first-order chi connectivity index (χ1) is 23.3. The summed E-state index contributed by atoms with van der Waals surface area (Å²) in [5.74, 6) is 0.567. The van der Waals surface area contributed by atoms with Crippen LogP contribution in [0.2, 0.25) is 0 Å². The summed E-state index contributed by atoms with van der Waals surface area (Å²) in [6.07, 6.45) is 6.10. The van der Waals surface area contributed by atoms with E-state index in [-0.39, 0.29) is 17.7 Å². The van der Waals surface area contributed by atoms with Crippen LogP contribution in [0.1, 0.15) is 30.5 Å². The number of nitrogens with one attached hydrogen (secondary N) is 1. The van der Waals surface area contributed by atoms with Crippen molar-refractivity contribution in [3.05, 3.63) is 82.6 Å². The average Bonchev–Trinajstić information content (AvgIpc) is 3.88. The maximum absolute atomic E-state index is 13.9. The van der Waals surface area contributed by atoms with Gasteiger partial charge in [0.15, 0.2) is 0 Å². The molecule has 0 saturated carbocycles. The maximum atomic E-state index is 13.9. The molecule has 1 aromatic carbocycles. The van der Waals surface area contributed by atoms with Crippen molar-refractivity contribution in [3.63, 3.8) is 0 Å². The van der Waals surface area contributed by atoms with Gasteiger partial charge < -0.3 is 9.32 Å². The van der Waals surface area contributed by atoms with Crippen molar-refractivity contribution in [1.82, 2.24) is 39.7 Å². The minimum absolute atomic E-state index is 0.0769. The van der Waals surface area contributed by atoms with Crippen LogP contribution in [0, 0.1) is 12.3 Å². The van der Waals surface area contributed by atoms with Crippen molar-refractivity contribution in [3.8, 4) is 22.7 Å². The lowest BCUT2D eigenvalue weighted by Crippen LogP contribution is -2.43. The van der Waals surface area contributed by atoms with E-state index in [4.69, 9.17) is 9.40 Å².